The van der Waals surface area contributed by atoms with Crippen molar-refractivity contribution < 1.29 is 4.92 Å². The van der Waals surface area contributed by atoms with E-state index in [9.17, 15) is 10.1 Å². The van der Waals surface area contributed by atoms with Gasteiger partial charge in [-0.05, 0) is 31.7 Å². The summed E-state index contributed by atoms with van der Waals surface area (Å²) in [4.78, 5) is 19.2. The van der Waals surface area contributed by atoms with Crippen molar-refractivity contribution in [3.63, 3.8) is 0 Å². The van der Waals surface area contributed by atoms with Crippen molar-refractivity contribution >= 4 is 29.0 Å². The van der Waals surface area contributed by atoms with Crippen molar-refractivity contribution in [2.24, 2.45) is 0 Å². The normalized spacial score (nSPS) is 10.3. The van der Waals surface area contributed by atoms with E-state index in [1.54, 1.807) is 18.2 Å². The van der Waals surface area contributed by atoms with Crippen LogP contribution in [0.15, 0.2) is 42.1 Å². The number of hydrogen-bond acceptors (Lipinski definition) is 6. The summed E-state index contributed by atoms with van der Waals surface area (Å²) in [6, 6.07) is 6.23. The van der Waals surface area contributed by atoms with E-state index in [2.05, 4.69) is 21.9 Å². The third-order valence-electron chi connectivity index (χ3n) is 3.07. The van der Waals surface area contributed by atoms with Gasteiger partial charge in [0.05, 0.1) is 4.92 Å². The van der Waals surface area contributed by atoms with E-state index in [0.717, 1.165) is 16.9 Å². The Balaban J connectivity index is 2.36. The molecule has 0 radical (unpaired) electrons. The van der Waals surface area contributed by atoms with E-state index in [4.69, 9.17) is 0 Å². The van der Waals surface area contributed by atoms with Crippen LogP contribution in [-0.4, -0.2) is 21.1 Å². The lowest BCUT2D eigenvalue weighted by Gasteiger charge is -2.13. The maximum absolute atomic E-state index is 10.7. The first-order valence-electron chi connectivity index (χ1n) is 6.59. The van der Waals surface area contributed by atoms with Crippen LogP contribution in [0, 0.1) is 17.0 Å². The predicted molar refractivity (Wildman–Crippen MR) is 88.8 cm³/mol. The summed E-state index contributed by atoms with van der Waals surface area (Å²) >= 11 is 1.46. The van der Waals surface area contributed by atoms with Crippen LogP contribution in [0.2, 0.25) is 0 Å². The summed E-state index contributed by atoms with van der Waals surface area (Å²) in [7, 11) is 0. The summed E-state index contributed by atoms with van der Waals surface area (Å²) in [5.74, 6) is 0.700. The van der Waals surface area contributed by atoms with Crippen LogP contribution >= 0.6 is 11.8 Å². The number of nitro groups is 1. The van der Waals surface area contributed by atoms with Crippen molar-refractivity contribution in [3.8, 4) is 0 Å². The first-order chi connectivity index (χ1) is 10.5. The molecule has 0 aliphatic carbocycles. The van der Waals surface area contributed by atoms with Crippen LogP contribution in [0.3, 0.4) is 0 Å². The Morgan fingerprint density at radius 2 is 2.05 bits per heavy atom. The van der Waals surface area contributed by atoms with Crippen LogP contribution in [0.25, 0.3) is 0 Å². The zero-order valence-electron chi connectivity index (χ0n) is 12.4. The minimum Gasteiger partial charge on any atom is -0.340 e. The lowest BCUT2D eigenvalue weighted by molar-refractivity contribution is -0.384. The number of allylic oxidation sites excluding steroid dienone is 1. The fraction of sp³-hybridized carbons (Fsp3) is 0.200. The number of nitrogens with one attached hydrogen (secondary N) is 1. The van der Waals surface area contributed by atoms with Crippen molar-refractivity contribution in [1.82, 2.24) is 9.97 Å². The minimum absolute atomic E-state index is 0.0561. The maximum Gasteiger partial charge on any atom is 0.269 e. The average Bonchev–Trinajstić information content (AvgIpc) is 2.51. The highest BCUT2D eigenvalue weighted by Gasteiger charge is 2.11. The highest BCUT2D eigenvalue weighted by atomic mass is 32.2. The van der Waals surface area contributed by atoms with Crippen molar-refractivity contribution in [1.29, 1.82) is 0 Å². The Morgan fingerprint density at radius 3 is 2.59 bits per heavy atom. The molecule has 2 rings (SSSR count). The van der Waals surface area contributed by atoms with E-state index in [0.29, 0.717) is 17.4 Å². The molecule has 0 aliphatic rings. The Hall–Kier alpha value is -2.41. The number of nitro benzene ring substituents is 1. The molecular weight excluding hydrogens is 300 g/mol. The highest BCUT2D eigenvalue weighted by molar-refractivity contribution is 7.98. The first kappa shape index (κ1) is 16.0. The Labute approximate surface area is 132 Å². The van der Waals surface area contributed by atoms with Crippen molar-refractivity contribution in [3.05, 3.63) is 58.3 Å². The quantitative estimate of drug-likeness (QED) is 0.286. The third-order valence-corrected chi connectivity index (χ3v) is 3.61. The van der Waals surface area contributed by atoms with Gasteiger partial charge in [0.2, 0.25) is 0 Å². The van der Waals surface area contributed by atoms with E-state index in [1.165, 1.54) is 23.9 Å². The summed E-state index contributed by atoms with van der Waals surface area (Å²) < 4.78 is 0. The van der Waals surface area contributed by atoms with Gasteiger partial charge in [0.25, 0.3) is 5.69 Å². The molecule has 7 heteroatoms. The number of nitrogens with zero attached hydrogens (tertiary/aromatic N) is 3. The van der Waals surface area contributed by atoms with Crippen LogP contribution < -0.4 is 5.32 Å². The zero-order valence-corrected chi connectivity index (χ0v) is 13.2. The molecular formula is C15H16N4O2S. The Bertz CT molecular complexity index is 701. The molecule has 0 saturated carbocycles. The predicted octanol–water partition coefficient (Wildman–Crippen LogP) is 3.89. The molecule has 0 atom stereocenters. The highest BCUT2D eigenvalue weighted by Crippen LogP contribution is 2.25. The van der Waals surface area contributed by atoms with E-state index >= 15 is 0 Å². The average molecular weight is 316 g/mol. The molecule has 1 heterocycles. The molecule has 1 aromatic heterocycles. The van der Waals surface area contributed by atoms with Gasteiger partial charge in [0.15, 0.2) is 5.16 Å². The summed E-state index contributed by atoms with van der Waals surface area (Å²) in [6.07, 6.45) is 4.36. The monoisotopic (exact) mass is 316 g/mol. The number of anilines is 2. The lowest BCUT2D eigenvalue weighted by atomic mass is 10.1. The number of rotatable bonds is 6. The molecule has 0 amide bonds. The first-order valence-corrected chi connectivity index (χ1v) is 7.81. The number of thioether (sulfide) groups is 1. The molecule has 1 aromatic carbocycles. The molecule has 22 heavy (non-hydrogen) atoms. The van der Waals surface area contributed by atoms with Gasteiger partial charge in [-0.2, -0.15) is 0 Å². The molecule has 6 nitrogen and oxygen atoms in total. The van der Waals surface area contributed by atoms with Gasteiger partial charge in [-0.1, -0.05) is 17.8 Å². The summed E-state index contributed by atoms with van der Waals surface area (Å²) in [6.45, 7) is 5.69. The fourth-order valence-corrected chi connectivity index (χ4v) is 2.37. The molecule has 0 spiro atoms. The van der Waals surface area contributed by atoms with Gasteiger partial charge >= 0.3 is 0 Å². The van der Waals surface area contributed by atoms with Gasteiger partial charge in [0.1, 0.15) is 5.82 Å². The molecule has 1 N–H and O–H groups in total. The second kappa shape index (κ2) is 7.04. The number of hydrogen-bond donors (Lipinski definition) is 1. The third kappa shape index (κ3) is 3.62. The fourth-order valence-electron chi connectivity index (χ4n) is 1.96. The van der Waals surface area contributed by atoms with Crippen LogP contribution in [-0.2, 0) is 6.42 Å². The SMILES string of the molecule is C=CCc1c(C)nc(SC)nc1Nc1ccc([N+](=O)[O-])cc1. The van der Waals surface area contributed by atoms with Crippen LogP contribution in [0.4, 0.5) is 17.2 Å². The second-order valence-corrected chi connectivity index (χ2v) is 5.32. The Kier molecular flexibility index (Phi) is 5.11. The molecule has 0 saturated heterocycles. The topological polar surface area (TPSA) is 81.0 Å². The van der Waals surface area contributed by atoms with Crippen LogP contribution in [0.5, 0.6) is 0 Å². The van der Waals surface area contributed by atoms with E-state index in [-0.39, 0.29) is 5.69 Å². The second-order valence-electron chi connectivity index (χ2n) is 4.54. The van der Waals surface area contributed by atoms with Crippen molar-refractivity contribution in [2.75, 3.05) is 11.6 Å². The summed E-state index contributed by atoms with van der Waals surface area (Å²) in [5, 5.41) is 14.6. The van der Waals surface area contributed by atoms with Gasteiger partial charge in [-0.25, -0.2) is 9.97 Å². The zero-order chi connectivity index (χ0) is 16.1. The molecule has 114 valence electrons. The van der Waals surface area contributed by atoms with Gasteiger partial charge in [-0.3, -0.25) is 10.1 Å². The smallest absolute Gasteiger partial charge is 0.269 e. The molecule has 0 unspecified atom stereocenters. The van der Waals surface area contributed by atoms with Gasteiger partial charge < -0.3 is 5.32 Å². The van der Waals surface area contributed by atoms with E-state index in [1.807, 2.05) is 13.2 Å². The standard InChI is InChI=1S/C15H16N4O2S/c1-4-5-13-10(2)16-15(22-3)18-14(13)17-11-6-8-12(9-7-11)19(20)21/h4,6-9H,1,5H2,2-3H3,(H,16,17,18). The minimum atomic E-state index is -0.423. The Morgan fingerprint density at radius 1 is 1.36 bits per heavy atom. The number of aromatic nitrogens is 2. The molecule has 0 bridgehead atoms. The van der Waals surface area contributed by atoms with Crippen molar-refractivity contribution in [2.45, 2.75) is 18.5 Å². The molecule has 0 fully saturated rings. The molecule has 0 aliphatic heterocycles. The van der Waals surface area contributed by atoms with E-state index < -0.39 is 4.92 Å². The largest absolute Gasteiger partial charge is 0.340 e. The number of non-ortho nitro benzene ring substituents is 1. The maximum atomic E-state index is 10.7. The molecule has 2 aromatic rings. The van der Waals surface area contributed by atoms with Gasteiger partial charge in [0, 0.05) is 29.1 Å². The van der Waals surface area contributed by atoms with Crippen LogP contribution in [0.1, 0.15) is 11.3 Å². The summed E-state index contributed by atoms with van der Waals surface area (Å²) in [5.41, 5.74) is 2.65. The number of aryl methyl sites for hydroxylation is 1. The van der Waals surface area contributed by atoms with Gasteiger partial charge in [-0.15, -0.1) is 6.58 Å². The lowest BCUT2D eigenvalue weighted by Crippen LogP contribution is -2.05. The number of benzene rings is 1.